The number of fused-ring (bicyclic) bond motifs is 1. The van der Waals surface area contributed by atoms with Crippen molar-refractivity contribution in [3.05, 3.63) is 65.4 Å². The smallest absolute Gasteiger partial charge is 0.251 e. The average molecular weight is 280 g/mol. The summed E-state index contributed by atoms with van der Waals surface area (Å²) in [6.45, 7) is 1.02. The number of nitrogens with one attached hydrogen (secondary N) is 2. The number of carbonyl (C=O) groups excluding carboxylic acids is 1. The molecule has 4 N–H and O–H groups in total. The van der Waals surface area contributed by atoms with Gasteiger partial charge in [-0.15, -0.1) is 0 Å². The molecular formula is C16H16N4O. The van der Waals surface area contributed by atoms with Crippen LogP contribution in [0.4, 0.5) is 0 Å². The third-order valence-corrected chi connectivity index (χ3v) is 3.42. The van der Waals surface area contributed by atoms with Crippen LogP contribution in [-0.4, -0.2) is 16.1 Å². The monoisotopic (exact) mass is 280 g/mol. The molecule has 0 unspecified atom stereocenters. The number of hydrogen-bond donors (Lipinski definition) is 3. The van der Waals surface area contributed by atoms with E-state index in [9.17, 15) is 4.79 Å². The first-order chi connectivity index (χ1) is 10.3. The van der Waals surface area contributed by atoms with E-state index >= 15 is 0 Å². The minimum absolute atomic E-state index is 0.102. The van der Waals surface area contributed by atoms with Crippen molar-refractivity contribution in [3.8, 4) is 0 Å². The molecule has 21 heavy (non-hydrogen) atoms. The lowest BCUT2D eigenvalue weighted by atomic mass is 10.1. The first kappa shape index (κ1) is 13.3. The molecule has 1 heterocycles. The summed E-state index contributed by atoms with van der Waals surface area (Å²) in [6.07, 6.45) is 1.73. The molecule has 0 spiro atoms. The van der Waals surface area contributed by atoms with Gasteiger partial charge in [0.25, 0.3) is 5.91 Å². The second kappa shape index (κ2) is 5.76. The van der Waals surface area contributed by atoms with Gasteiger partial charge >= 0.3 is 0 Å². The van der Waals surface area contributed by atoms with Gasteiger partial charge in [-0.25, -0.2) is 0 Å². The highest BCUT2D eigenvalue weighted by molar-refractivity contribution is 5.97. The molecule has 0 fully saturated rings. The third-order valence-electron chi connectivity index (χ3n) is 3.42. The van der Waals surface area contributed by atoms with E-state index in [4.69, 9.17) is 5.73 Å². The first-order valence-electron chi connectivity index (χ1n) is 6.75. The van der Waals surface area contributed by atoms with E-state index in [2.05, 4.69) is 15.5 Å². The fourth-order valence-corrected chi connectivity index (χ4v) is 2.16. The number of rotatable bonds is 4. The van der Waals surface area contributed by atoms with Gasteiger partial charge in [-0.1, -0.05) is 30.3 Å². The summed E-state index contributed by atoms with van der Waals surface area (Å²) in [5, 5.41) is 10.7. The number of benzene rings is 2. The summed E-state index contributed by atoms with van der Waals surface area (Å²) in [5.74, 6) is -0.102. The summed E-state index contributed by atoms with van der Waals surface area (Å²) in [6, 6.07) is 13.4. The molecule has 0 radical (unpaired) electrons. The normalized spacial score (nSPS) is 10.7. The average Bonchev–Trinajstić information content (AvgIpc) is 3.00. The fourth-order valence-electron chi connectivity index (χ4n) is 2.16. The van der Waals surface area contributed by atoms with Crippen molar-refractivity contribution in [2.75, 3.05) is 0 Å². The third kappa shape index (κ3) is 2.93. The van der Waals surface area contributed by atoms with E-state index in [1.807, 2.05) is 30.3 Å². The molecule has 0 saturated carbocycles. The van der Waals surface area contributed by atoms with E-state index < -0.39 is 0 Å². The van der Waals surface area contributed by atoms with E-state index in [-0.39, 0.29) is 5.91 Å². The number of aromatic amines is 1. The Bertz CT molecular complexity index is 761. The van der Waals surface area contributed by atoms with Crippen molar-refractivity contribution in [2.24, 2.45) is 5.73 Å². The van der Waals surface area contributed by atoms with Crippen molar-refractivity contribution in [1.29, 1.82) is 0 Å². The summed E-state index contributed by atoms with van der Waals surface area (Å²) < 4.78 is 0. The Balaban J connectivity index is 1.67. The summed E-state index contributed by atoms with van der Waals surface area (Å²) in [4.78, 5) is 12.1. The van der Waals surface area contributed by atoms with Crippen LogP contribution < -0.4 is 11.1 Å². The van der Waals surface area contributed by atoms with Gasteiger partial charge in [0.1, 0.15) is 0 Å². The van der Waals surface area contributed by atoms with Gasteiger partial charge in [0.2, 0.25) is 0 Å². The van der Waals surface area contributed by atoms with Crippen LogP contribution in [0.25, 0.3) is 10.9 Å². The Labute approximate surface area is 122 Å². The summed E-state index contributed by atoms with van der Waals surface area (Å²) in [7, 11) is 0. The Morgan fingerprint density at radius 2 is 1.90 bits per heavy atom. The van der Waals surface area contributed by atoms with Crippen molar-refractivity contribution >= 4 is 16.8 Å². The number of hydrogen-bond acceptors (Lipinski definition) is 3. The second-order valence-corrected chi connectivity index (χ2v) is 4.88. The predicted octanol–water partition coefficient (Wildman–Crippen LogP) is 1.95. The van der Waals surface area contributed by atoms with Crippen LogP contribution in [0.2, 0.25) is 0 Å². The second-order valence-electron chi connectivity index (χ2n) is 4.88. The maximum absolute atomic E-state index is 12.1. The molecule has 2 aromatic carbocycles. The molecule has 106 valence electrons. The molecule has 1 aromatic heterocycles. The summed E-state index contributed by atoms with van der Waals surface area (Å²) >= 11 is 0. The fraction of sp³-hybridized carbons (Fsp3) is 0.125. The minimum atomic E-state index is -0.102. The van der Waals surface area contributed by atoms with Crippen LogP contribution in [0.3, 0.4) is 0 Å². The van der Waals surface area contributed by atoms with Crippen LogP contribution in [0.15, 0.2) is 48.7 Å². The van der Waals surface area contributed by atoms with Gasteiger partial charge in [0.15, 0.2) is 0 Å². The molecule has 5 heteroatoms. The molecular weight excluding hydrogens is 264 g/mol. The van der Waals surface area contributed by atoms with Crippen molar-refractivity contribution < 1.29 is 4.79 Å². The van der Waals surface area contributed by atoms with Gasteiger partial charge in [-0.05, 0) is 23.3 Å². The highest BCUT2D eigenvalue weighted by atomic mass is 16.1. The highest BCUT2D eigenvalue weighted by Gasteiger charge is 2.07. The molecule has 1 amide bonds. The zero-order chi connectivity index (χ0) is 14.7. The predicted molar refractivity (Wildman–Crippen MR) is 81.6 cm³/mol. The van der Waals surface area contributed by atoms with Crippen molar-refractivity contribution in [2.45, 2.75) is 13.1 Å². The number of H-pyrrole nitrogens is 1. The molecule has 0 aliphatic carbocycles. The lowest BCUT2D eigenvalue weighted by molar-refractivity contribution is 0.0951. The van der Waals surface area contributed by atoms with E-state index in [1.165, 1.54) is 0 Å². The lowest BCUT2D eigenvalue weighted by Gasteiger charge is -2.06. The highest BCUT2D eigenvalue weighted by Crippen LogP contribution is 2.13. The van der Waals surface area contributed by atoms with E-state index in [0.29, 0.717) is 18.7 Å². The van der Waals surface area contributed by atoms with Crippen LogP contribution in [0, 0.1) is 0 Å². The zero-order valence-electron chi connectivity index (χ0n) is 11.5. The Kier molecular flexibility index (Phi) is 3.66. The van der Waals surface area contributed by atoms with Crippen LogP contribution >= 0.6 is 0 Å². The minimum Gasteiger partial charge on any atom is -0.348 e. The first-order valence-corrected chi connectivity index (χ1v) is 6.75. The van der Waals surface area contributed by atoms with E-state index in [0.717, 1.165) is 22.0 Å². The molecule has 0 aliphatic rings. The number of aromatic nitrogens is 2. The van der Waals surface area contributed by atoms with Crippen LogP contribution in [0.1, 0.15) is 21.5 Å². The lowest BCUT2D eigenvalue weighted by Crippen LogP contribution is -2.22. The van der Waals surface area contributed by atoms with Crippen molar-refractivity contribution in [3.63, 3.8) is 0 Å². The number of carbonyl (C=O) groups is 1. The maximum atomic E-state index is 12.1. The topological polar surface area (TPSA) is 83.8 Å². The van der Waals surface area contributed by atoms with Gasteiger partial charge < -0.3 is 11.1 Å². The molecule has 3 rings (SSSR count). The van der Waals surface area contributed by atoms with E-state index in [1.54, 1.807) is 18.3 Å². The Morgan fingerprint density at radius 1 is 1.14 bits per heavy atom. The maximum Gasteiger partial charge on any atom is 0.251 e. The summed E-state index contributed by atoms with van der Waals surface area (Å²) in [5.41, 5.74) is 9.15. The molecule has 3 aromatic rings. The SMILES string of the molecule is NCc1ccc(CNC(=O)c2ccc3cn[nH]c3c2)cc1. The molecule has 0 aliphatic heterocycles. The van der Waals surface area contributed by atoms with Gasteiger partial charge in [0, 0.05) is 24.0 Å². The van der Waals surface area contributed by atoms with Gasteiger partial charge in [0.05, 0.1) is 11.7 Å². The Morgan fingerprint density at radius 3 is 2.67 bits per heavy atom. The van der Waals surface area contributed by atoms with Crippen LogP contribution in [-0.2, 0) is 13.1 Å². The quantitative estimate of drug-likeness (QED) is 0.683. The number of nitrogens with two attached hydrogens (primary N) is 1. The number of nitrogens with zero attached hydrogens (tertiary/aromatic N) is 1. The standard InChI is InChI=1S/C16H16N4O/c17-8-11-1-3-12(4-2-11)9-18-16(21)13-5-6-14-10-19-20-15(14)7-13/h1-7,10H,8-9,17H2,(H,18,21)(H,19,20). The molecule has 0 saturated heterocycles. The zero-order valence-corrected chi connectivity index (χ0v) is 11.5. The van der Waals surface area contributed by atoms with Gasteiger partial charge in [-0.2, -0.15) is 5.10 Å². The van der Waals surface area contributed by atoms with Crippen molar-refractivity contribution in [1.82, 2.24) is 15.5 Å². The molecule has 0 atom stereocenters. The largest absolute Gasteiger partial charge is 0.348 e. The molecule has 5 nitrogen and oxygen atoms in total. The van der Waals surface area contributed by atoms with Gasteiger partial charge in [-0.3, -0.25) is 9.89 Å². The number of amides is 1. The molecule has 0 bridgehead atoms. The van der Waals surface area contributed by atoms with Crippen LogP contribution in [0.5, 0.6) is 0 Å². The Hall–Kier alpha value is -2.66.